The average Bonchev–Trinajstić information content (AvgIpc) is 2.80. The first-order chi connectivity index (χ1) is 8.78. The number of nitrogens with zero attached hydrogens (tertiary/aromatic N) is 1. The van der Waals surface area contributed by atoms with E-state index in [0.29, 0.717) is 0 Å². The summed E-state index contributed by atoms with van der Waals surface area (Å²) < 4.78 is 0. The van der Waals surface area contributed by atoms with Gasteiger partial charge in [-0.25, -0.2) is 0 Å². The van der Waals surface area contributed by atoms with Crippen LogP contribution in [-0.2, 0) is 6.54 Å². The summed E-state index contributed by atoms with van der Waals surface area (Å²) in [6.45, 7) is 8.04. The molecule has 0 aromatic heterocycles. The molecule has 3 heteroatoms. The number of hydrogen-bond acceptors (Lipinski definition) is 2. The summed E-state index contributed by atoms with van der Waals surface area (Å²) in [6, 6.07) is 8.22. The second-order valence-electron chi connectivity index (χ2n) is 5.22. The maximum absolute atomic E-state index is 5.90. The van der Waals surface area contributed by atoms with Crippen LogP contribution in [0.15, 0.2) is 24.3 Å². The van der Waals surface area contributed by atoms with Gasteiger partial charge in [0.2, 0.25) is 0 Å². The molecule has 0 bridgehead atoms. The fourth-order valence-electron chi connectivity index (χ4n) is 2.55. The highest BCUT2D eigenvalue weighted by atomic mass is 35.5. The minimum atomic E-state index is 0.821. The van der Waals surface area contributed by atoms with Crippen molar-refractivity contribution in [3.63, 3.8) is 0 Å². The summed E-state index contributed by atoms with van der Waals surface area (Å²) in [5.74, 6) is 0.823. The molecule has 1 fully saturated rings. The first-order valence-electron chi connectivity index (χ1n) is 6.95. The zero-order valence-corrected chi connectivity index (χ0v) is 11.9. The minimum Gasteiger partial charge on any atom is -0.316 e. The Morgan fingerprint density at radius 3 is 2.83 bits per heavy atom. The second-order valence-corrected chi connectivity index (χ2v) is 5.66. The Kier molecular flexibility index (Phi) is 5.48. The molecule has 0 saturated carbocycles. The molecule has 0 radical (unpaired) electrons. The van der Waals surface area contributed by atoms with Gasteiger partial charge in [-0.1, -0.05) is 30.7 Å². The van der Waals surface area contributed by atoms with Crippen molar-refractivity contribution in [2.24, 2.45) is 5.92 Å². The third-order valence-corrected chi connectivity index (χ3v) is 3.80. The molecule has 2 nitrogen and oxygen atoms in total. The number of halogens is 1. The highest BCUT2D eigenvalue weighted by Gasteiger charge is 2.21. The minimum absolute atomic E-state index is 0.821. The molecule has 1 unspecified atom stereocenters. The maximum Gasteiger partial charge on any atom is 0.0406 e. The van der Waals surface area contributed by atoms with Crippen LogP contribution >= 0.6 is 11.6 Å². The SMILES string of the molecule is CCCNCC1CCN(Cc2ccc(Cl)cc2)C1. The molecule has 2 rings (SSSR count). The molecule has 0 spiro atoms. The van der Waals surface area contributed by atoms with Gasteiger partial charge < -0.3 is 5.32 Å². The van der Waals surface area contributed by atoms with Gasteiger partial charge in [-0.15, -0.1) is 0 Å². The van der Waals surface area contributed by atoms with Gasteiger partial charge in [0, 0.05) is 18.1 Å². The molecule has 0 aliphatic carbocycles. The topological polar surface area (TPSA) is 15.3 Å². The number of nitrogens with one attached hydrogen (secondary N) is 1. The zero-order chi connectivity index (χ0) is 12.8. The summed E-state index contributed by atoms with van der Waals surface area (Å²) >= 11 is 5.90. The molecular weight excluding hydrogens is 244 g/mol. The van der Waals surface area contributed by atoms with Gasteiger partial charge in [0.25, 0.3) is 0 Å². The third kappa shape index (κ3) is 4.27. The molecule has 1 aromatic carbocycles. The summed E-state index contributed by atoms with van der Waals surface area (Å²) in [5.41, 5.74) is 1.36. The van der Waals surface area contributed by atoms with Crippen LogP contribution in [0.2, 0.25) is 5.02 Å². The molecular formula is C15H23ClN2. The van der Waals surface area contributed by atoms with E-state index in [9.17, 15) is 0 Å². The van der Waals surface area contributed by atoms with Crippen molar-refractivity contribution in [2.75, 3.05) is 26.2 Å². The monoisotopic (exact) mass is 266 g/mol. The van der Waals surface area contributed by atoms with Gasteiger partial charge in [0.05, 0.1) is 0 Å². The van der Waals surface area contributed by atoms with Crippen LogP contribution < -0.4 is 5.32 Å². The van der Waals surface area contributed by atoms with Crippen molar-refractivity contribution >= 4 is 11.6 Å². The van der Waals surface area contributed by atoms with Gasteiger partial charge in [-0.05, 0) is 56.1 Å². The van der Waals surface area contributed by atoms with E-state index in [4.69, 9.17) is 11.6 Å². The van der Waals surface area contributed by atoms with Crippen LogP contribution in [0.3, 0.4) is 0 Å². The largest absolute Gasteiger partial charge is 0.316 e. The van der Waals surface area contributed by atoms with Crippen LogP contribution in [-0.4, -0.2) is 31.1 Å². The first-order valence-corrected chi connectivity index (χ1v) is 7.33. The summed E-state index contributed by atoms with van der Waals surface area (Å²) in [7, 11) is 0. The quantitative estimate of drug-likeness (QED) is 0.796. The molecule has 100 valence electrons. The lowest BCUT2D eigenvalue weighted by Crippen LogP contribution is -2.26. The van der Waals surface area contributed by atoms with Crippen molar-refractivity contribution in [3.8, 4) is 0 Å². The molecule has 18 heavy (non-hydrogen) atoms. The second kappa shape index (κ2) is 7.13. The summed E-state index contributed by atoms with van der Waals surface area (Å²) in [5, 5.41) is 4.35. The highest BCUT2D eigenvalue weighted by molar-refractivity contribution is 6.30. The van der Waals surface area contributed by atoms with E-state index in [2.05, 4.69) is 29.3 Å². The van der Waals surface area contributed by atoms with Crippen molar-refractivity contribution in [3.05, 3.63) is 34.9 Å². The van der Waals surface area contributed by atoms with E-state index < -0.39 is 0 Å². The van der Waals surface area contributed by atoms with Crippen molar-refractivity contribution < 1.29 is 0 Å². The lowest BCUT2D eigenvalue weighted by Gasteiger charge is -2.16. The Bertz CT molecular complexity index is 350. The third-order valence-electron chi connectivity index (χ3n) is 3.55. The Labute approximate surface area is 115 Å². The van der Waals surface area contributed by atoms with E-state index in [1.165, 1.54) is 38.0 Å². The molecule has 1 aliphatic rings. The maximum atomic E-state index is 5.90. The number of likely N-dealkylation sites (tertiary alicyclic amines) is 1. The molecule has 1 atom stereocenters. The van der Waals surface area contributed by atoms with Gasteiger partial charge >= 0.3 is 0 Å². The standard InChI is InChI=1S/C15H23ClN2/c1-2-8-17-10-14-7-9-18(12-14)11-13-3-5-15(16)6-4-13/h3-6,14,17H,2,7-12H2,1H3. The van der Waals surface area contributed by atoms with E-state index in [1.807, 2.05) is 12.1 Å². The molecule has 1 N–H and O–H groups in total. The number of benzene rings is 1. The van der Waals surface area contributed by atoms with Gasteiger partial charge in [-0.3, -0.25) is 4.90 Å². The molecule has 1 saturated heterocycles. The van der Waals surface area contributed by atoms with E-state index in [1.54, 1.807) is 0 Å². The Morgan fingerprint density at radius 2 is 2.11 bits per heavy atom. The smallest absolute Gasteiger partial charge is 0.0406 e. The molecule has 1 aromatic rings. The zero-order valence-electron chi connectivity index (χ0n) is 11.2. The fraction of sp³-hybridized carbons (Fsp3) is 0.600. The fourth-order valence-corrected chi connectivity index (χ4v) is 2.68. The van der Waals surface area contributed by atoms with Crippen LogP contribution in [0.25, 0.3) is 0 Å². The molecule has 0 amide bonds. The Hall–Kier alpha value is -0.570. The number of rotatable bonds is 6. The van der Waals surface area contributed by atoms with Gasteiger partial charge in [0.1, 0.15) is 0 Å². The van der Waals surface area contributed by atoms with Crippen molar-refractivity contribution in [1.29, 1.82) is 0 Å². The average molecular weight is 267 g/mol. The Balaban J connectivity index is 1.73. The lowest BCUT2D eigenvalue weighted by molar-refractivity contribution is 0.314. The first kappa shape index (κ1) is 13.9. The normalized spacial score (nSPS) is 20.4. The van der Waals surface area contributed by atoms with Crippen LogP contribution in [0.5, 0.6) is 0 Å². The number of hydrogen-bond donors (Lipinski definition) is 1. The van der Waals surface area contributed by atoms with Crippen LogP contribution in [0.1, 0.15) is 25.3 Å². The molecule has 1 aliphatic heterocycles. The van der Waals surface area contributed by atoms with Gasteiger partial charge in [0.15, 0.2) is 0 Å². The lowest BCUT2D eigenvalue weighted by atomic mass is 10.1. The van der Waals surface area contributed by atoms with E-state index in [0.717, 1.165) is 24.0 Å². The van der Waals surface area contributed by atoms with E-state index in [-0.39, 0.29) is 0 Å². The molecule has 1 heterocycles. The van der Waals surface area contributed by atoms with Crippen LogP contribution in [0, 0.1) is 5.92 Å². The van der Waals surface area contributed by atoms with E-state index >= 15 is 0 Å². The Morgan fingerprint density at radius 1 is 1.33 bits per heavy atom. The summed E-state index contributed by atoms with van der Waals surface area (Å²) in [4.78, 5) is 2.54. The predicted octanol–water partition coefficient (Wildman–Crippen LogP) is 3.16. The summed E-state index contributed by atoms with van der Waals surface area (Å²) in [6.07, 6.45) is 2.55. The van der Waals surface area contributed by atoms with Gasteiger partial charge in [-0.2, -0.15) is 0 Å². The highest BCUT2D eigenvalue weighted by Crippen LogP contribution is 2.19. The van der Waals surface area contributed by atoms with Crippen LogP contribution in [0.4, 0.5) is 0 Å². The van der Waals surface area contributed by atoms with Crippen molar-refractivity contribution in [1.82, 2.24) is 10.2 Å². The predicted molar refractivity (Wildman–Crippen MR) is 78.0 cm³/mol. The van der Waals surface area contributed by atoms with Crippen molar-refractivity contribution in [2.45, 2.75) is 26.3 Å².